The SMILES string of the molecule is O=C(C[C@H]1CCN[C@@H]1C(=O)OCc1ccccc1)N[C@@H](Cc1ccc(OCc2c(Cl)cccc2Cl)cc1)C(=O)O. The molecule has 4 rings (SSSR count). The highest BCUT2D eigenvalue weighted by Gasteiger charge is 2.36. The summed E-state index contributed by atoms with van der Waals surface area (Å²) in [5.41, 5.74) is 2.26. The smallest absolute Gasteiger partial charge is 0.326 e. The average Bonchev–Trinajstić information content (AvgIpc) is 3.40. The van der Waals surface area contributed by atoms with E-state index in [0.29, 0.717) is 39.9 Å². The van der Waals surface area contributed by atoms with E-state index < -0.39 is 29.9 Å². The lowest BCUT2D eigenvalue weighted by Gasteiger charge is -2.20. The molecule has 0 aliphatic carbocycles. The van der Waals surface area contributed by atoms with Crippen molar-refractivity contribution in [3.05, 3.63) is 99.5 Å². The summed E-state index contributed by atoms with van der Waals surface area (Å²) in [6.07, 6.45) is 0.708. The number of carbonyl (C=O) groups excluding carboxylic acids is 2. The van der Waals surface area contributed by atoms with Gasteiger partial charge in [0.25, 0.3) is 0 Å². The van der Waals surface area contributed by atoms with Crippen LogP contribution >= 0.6 is 23.2 Å². The summed E-state index contributed by atoms with van der Waals surface area (Å²) in [5, 5.41) is 16.4. The van der Waals surface area contributed by atoms with Gasteiger partial charge < -0.3 is 25.2 Å². The van der Waals surface area contributed by atoms with Crippen LogP contribution in [-0.4, -0.2) is 41.6 Å². The Balaban J connectivity index is 1.27. The first-order chi connectivity index (χ1) is 19.3. The van der Waals surface area contributed by atoms with Crippen LogP contribution in [0.1, 0.15) is 29.5 Å². The highest BCUT2D eigenvalue weighted by molar-refractivity contribution is 6.35. The lowest BCUT2D eigenvalue weighted by atomic mass is 9.96. The van der Waals surface area contributed by atoms with E-state index in [0.717, 1.165) is 5.56 Å². The van der Waals surface area contributed by atoms with E-state index in [1.807, 2.05) is 30.3 Å². The number of aliphatic carboxylic acids is 1. The molecular weight excluding hydrogens is 555 g/mol. The molecule has 8 nitrogen and oxygen atoms in total. The quantitative estimate of drug-likeness (QED) is 0.262. The molecule has 1 aliphatic heterocycles. The van der Waals surface area contributed by atoms with Crippen molar-refractivity contribution in [1.29, 1.82) is 0 Å². The predicted octanol–water partition coefficient (Wildman–Crippen LogP) is 4.80. The molecule has 0 radical (unpaired) electrons. The minimum absolute atomic E-state index is 0.0132. The van der Waals surface area contributed by atoms with Crippen LogP contribution in [0.15, 0.2) is 72.8 Å². The van der Waals surface area contributed by atoms with Crippen LogP contribution in [0.3, 0.4) is 0 Å². The van der Waals surface area contributed by atoms with Gasteiger partial charge in [0.2, 0.25) is 5.91 Å². The van der Waals surface area contributed by atoms with Crippen LogP contribution in [0.4, 0.5) is 0 Å². The average molecular weight is 585 g/mol. The molecule has 0 saturated carbocycles. The number of esters is 1. The number of hydrogen-bond donors (Lipinski definition) is 3. The third-order valence-corrected chi connectivity index (χ3v) is 7.43. The van der Waals surface area contributed by atoms with Crippen LogP contribution in [0, 0.1) is 5.92 Å². The third kappa shape index (κ3) is 8.21. The number of rotatable bonds is 12. The van der Waals surface area contributed by atoms with Crippen molar-refractivity contribution >= 4 is 41.0 Å². The van der Waals surface area contributed by atoms with E-state index >= 15 is 0 Å². The zero-order valence-electron chi connectivity index (χ0n) is 21.6. The second-order valence-corrected chi connectivity index (χ2v) is 10.4. The maximum absolute atomic E-state index is 12.8. The number of carboxylic acid groups (broad SMARTS) is 1. The van der Waals surface area contributed by atoms with Gasteiger partial charge in [0.1, 0.15) is 31.0 Å². The first-order valence-electron chi connectivity index (χ1n) is 12.9. The largest absolute Gasteiger partial charge is 0.489 e. The van der Waals surface area contributed by atoms with Crippen molar-refractivity contribution in [3.8, 4) is 5.75 Å². The van der Waals surface area contributed by atoms with E-state index in [-0.39, 0.29) is 32.0 Å². The summed E-state index contributed by atoms with van der Waals surface area (Å²) in [5.74, 6) is -1.73. The van der Waals surface area contributed by atoms with Gasteiger partial charge in [-0.25, -0.2) is 4.79 Å². The standard InChI is InChI=1S/C30H30Cl2N2O6/c31-24-7-4-8-25(32)23(24)18-39-22-11-9-19(10-12-22)15-26(29(36)37)34-27(35)16-21-13-14-33-28(21)30(38)40-17-20-5-2-1-3-6-20/h1-12,21,26,28,33H,13-18H2,(H,34,35)(H,36,37)/t21-,26+,28+/m1/s1. The van der Waals surface area contributed by atoms with Crippen LogP contribution in [0.5, 0.6) is 5.75 Å². The summed E-state index contributed by atoms with van der Waals surface area (Å²) < 4.78 is 11.2. The topological polar surface area (TPSA) is 114 Å². The Morgan fingerprint density at radius 1 is 0.925 bits per heavy atom. The van der Waals surface area contributed by atoms with Crippen molar-refractivity contribution in [3.63, 3.8) is 0 Å². The Morgan fingerprint density at radius 2 is 1.62 bits per heavy atom. The first kappa shape index (κ1) is 29.4. The molecule has 0 aromatic heterocycles. The van der Waals surface area contributed by atoms with Crippen molar-refractivity contribution in [1.82, 2.24) is 10.6 Å². The fraction of sp³-hybridized carbons (Fsp3) is 0.300. The minimum atomic E-state index is -1.15. The molecule has 1 amide bonds. The summed E-state index contributed by atoms with van der Waals surface area (Å²) in [4.78, 5) is 37.3. The summed E-state index contributed by atoms with van der Waals surface area (Å²) in [7, 11) is 0. The molecule has 1 fully saturated rings. The molecule has 1 aliphatic rings. The molecule has 10 heteroatoms. The number of benzene rings is 3. The lowest BCUT2D eigenvalue weighted by molar-refractivity contribution is -0.148. The number of ether oxygens (including phenoxy) is 2. The highest BCUT2D eigenvalue weighted by Crippen LogP contribution is 2.26. The molecule has 1 saturated heterocycles. The predicted molar refractivity (Wildman–Crippen MR) is 151 cm³/mol. The summed E-state index contributed by atoms with van der Waals surface area (Å²) in [6, 6.07) is 19.7. The van der Waals surface area contributed by atoms with Gasteiger partial charge in [-0.2, -0.15) is 0 Å². The number of carbonyl (C=O) groups is 3. The van der Waals surface area contributed by atoms with Crippen LogP contribution < -0.4 is 15.4 Å². The van der Waals surface area contributed by atoms with Gasteiger partial charge in [0.15, 0.2) is 0 Å². The van der Waals surface area contributed by atoms with Gasteiger partial charge in [-0.3, -0.25) is 9.59 Å². The van der Waals surface area contributed by atoms with E-state index in [4.69, 9.17) is 32.7 Å². The molecule has 0 spiro atoms. The van der Waals surface area contributed by atoms with E-state index in [1.165, 1.54) is 0 Å². The molecule has 3 aromatic carbocycles. The van der Waals surface area contributed by atoms with Crippen molar-refractivity contribution in [2.24, 2.45) is 5.92 Å². The first-order valence-corrected chi connectivity index (χ1v) is 13.7. The molecule has 210 valence electrons. The van der Waals surface area contributed by atoms with Crippen LogP contribution in [-0.2, 0) is 38.8 Å². The van der Waals surface area contributed by atoms with Crippen LogP contribution in [0.25, 0.3) is 0 Å². The van der Waals surface area contributed by atoms with E-state index in [1.54, 1.807) is 42.5 Å². The Kier molecular flexibility index (Phi) is 10.4. The maximum atomic E-state index is 12.8. The van der Waals surface area contributed by atoms with E-state index in [2.05, 4.69) is 10.6 Å². The molecule has 0 unspecified atom stereocenters. The van der Waals surface area contributed by atoms with Crippen molar-refractivity contribution in [2.75, 3.05) is 6.54 Å². The number of amides is 1. The van der Waals surface area contributed by atoms with Gasteiger partial charge in [0.05, 0.1) is 0 Å². The number of halogens is 2. The second kappa shape index (κ2) is 14.2. The number of nitrogens with one attached hydrogen (secondary N) is 2. The molecule has 3 aromatic rings. The Morgan fingerprint density at radius 3 is 2.30 bits per heavy atom. The lowest BCUT2D eigenvalue weighted by Crippen LogP contribution is -2.44. The third-order valence-electron chi connectivity index (χ3n) is 6.72. The van der Waals surface area contributed by atoms with Gasteiger partial charge in [-0.1, -0.05) is 71.7 Å². The van der Waals surface area contributed by atoms with Gasteiger partial charge in [-0.05, 0) is 54.3 Å². The van der Waals surface area contributed by atoms with E-state index in [9.17, 15) is 19.5 Å². The fourth-order valence-electron chi connectivity index (χ4n) is 4.55. The van der Waals surface area contributed by atoms with Gasteiger partial charge in [0, 0.05) is 28.5 Å². The molecular formula is C30H30Cl2N2O6. The number of carboxylic acids is 1. The highest BCUT2D eigenvalue weighted by atomic mass is 35.5. The maximum Gasteiger partial charge on any atom is 0.326 e. The zero-order valence-corrected chi connectivity index (χ0v) is 23.2. The summed E-state index contributed by atoms with van der Waals surface area (Å²) in [6.45, 7) is 0.903. The molecule has 3 N–H and O–H groups in total. The Hall–Kier alpha value is -3.59. The Labute approximate surface area is 242 Å². The monoisotopic (exact) mass is 584 g/mol. The summed E-state index contributed by atoms with van der Waals surface area (Å²) >= 11 is 12.4. The normalized spacial score (nSPS) is 17.1. The molecule has 1 heterocycles. The minimum Gasteiger partial charge on any atom is -0.489 e. The van der Waals surface area contributed by atoms with Crippen LogP contribution in [0.2, 0.25) is 10.0 Å². The second-order valence-electron chi connectivity index (χ2n) is 9.57. The van der Waals surface area contributed by atoms with Gasteiger partial charge in [-0.15, -0.1) is 0 Å². The fourth-order valence-corrected chi connectivity index (χ4v) is 5.05. The van der Waals surface area contributed by atoms with Gasteiger partial charge >= 0.3 is 11.9 Å². The number of hydrogen-bond acceptors (Lipinski definition) is 6. The van der Waals surface area contributed by atoms with Crippen molar-refractivity contribution in [2.45, 2.75) is 44.6 Å². The molecule has 0 bridgehead atoms. The van der Waals surface area contributed by atoms with Crippen molar-refractivity contribution < 1.29 is 29.0 Å². The Bertz CT molecular complexity index is 1300. The molecule has 3 atom stereocenters. The zero-order chi connectivity index (χ0) is 28.5. The molecule has 40 heavy (non-hydrogen) atoms.